The molecule has 0 aliphatic heterocycles. The molecule has 2 rings (SSSR count). The predicted octanol–water partition coefficient (Wildman–Crippen LogP) is 2.07. The van der Waals surface area contributed by atoms with E-state index >= 15 is 0 Å². The Balaban J connectivity index is 2.50. The number of hydrogen-bond acceptors (Lipinski definition) is 2. The van der Waals surface area contributed by atoms with Gasteiger partial charge < -0.3 is 10.7 Å². The van der Waals surface area contributed by atoms with E-state index in [9.17, 15) is 0 Å². The van der Waals surface area contributed by atoms with Crippen LogP contribution >= 0.6 is 0 Å². The van der Waals surface area contributed by atoms with Gasteiger partial charge in [0.25, 0.3) is 0 Å². The van der Waals surface area contributed by atoms with Gasteiger partial charge in [0.2, 0.25) is 0 Å². The van der Waals surface area contributed by atoms with Gasteiger partial charge in [-0.3, -0.25) is 0 Å². The molecule has 3 heteroatoms. The molecule has 0 aliphatic rings. The smallest absolute Gasteiger partial charge is 0.104 e. The Bertz CT molecular complexity index is 471. The molecule has 3 N–H and O–H groups in total. The minimum absolute atomic E-state index is 0.735. The Hall–Kier alpha value is -1.35. The summed E-state index contributed by atoms with van der Waals surface area (Å²) in [5.41, 5.74) is 10.4. The first-order valence-electron chi connectivity index (χ1n) is 5.36. The van der Waals surface area contributed by atoms with Gasteiger partial charge in [-0.2, -0.15) is 0 Å². The molecule has 1 aromatic heterocycles. The first-order valence-corrected chi connectivity index (χ1v) is 5.36. The number of nitrogens with zero attached hydrogens (tertiary/aromatic N) is 1. The fraction of sp³-hybridized carbons (Fsp3) is 0.417. The number of fused-ring (bicyclic) bond motifs is 1. The molecular weight excluding hydrogens is 186 g/mol. The van der Waals surface area contributed by atoms with Crippen LogP contribution in [0.4, 0.5) is 0 Å². The van der Waals surface area contributed by atoms with Crippen molar-refractivity contribution in [3.63, 3.8) is 0 Å². The summed E-state index contributed by atoms with van der Waals surface area (Å²) in [4.78, 5) is 7.78. The second-order valence-electron chi connectivity index (χ2n) is 4.03. The zero-order chi connectivity index (χ0) is 10.8. The monoisotopic (exact) mass is 203 g/mol. The van der Waals surface area contributed by atoms with Gasteiger partial charge in [0.05, 0.1) is 11.0 Å². The van der Waals surface area contributed by atoms with Crippen LogP contribution in [0.2, 0.25) is 0 Å². The van der Waals surface area contributed by atoms with Crippen LogP contribution in [0.1, 0.15) is 23.4 Å². The van der Waals surface area contributed by atoms with Gasteiger partial charge >= 0.3 is 0 Å². The van der Waals surface area contributed by atoms with Gasteiger partial charge in [-0.05, 0) is 50.4 Å². The highest BCUT2D eigenvalue weighted by atomic mass is 14.9. The third-order valence-corrected chi connectivity index (χ3v) is 2.58. The SMILES string of the molecule is Cc1cc(CCCN)c2nc(C)[nH]c2c1. The van der Waals surface area contributed by atoms with E-state index in [1.165, 1.54) is 11.1 Å². The van der Waals surface area contributed by atoms with Gasteiger partial charge in [-0.25, -0.2) is 4.98 Å². The fourth-order valence-corrected chi connectivity index (χ4v) is 1.95. The van der Waals surface area contributed by atoms with Gasteiger partial charge in [-0.15, -0.1) is 0 Å². The molecule has 2 aromatic rings. The summed E-state index contributed by atoms with van der Waals surface area (Å²) in [5.74, 6) is 0.976. The molecule has 0 saturated heterocycles. The Morgan fingerprint density at radius 1 is 1.33 bits per heavy atom. The molecule has 1 heterocycles. The number of hydrogen-bond donors (Lipinski definition) is 2. The molecule has 0 atom stereocenters. The van der Waals surface area contributed by atoms with Crippen molar-refractivity contribution in [2.24, 2.45) is 5.73 Å². The van der Waals surface area contributed by atoms with Crippen LogP contribution in [0.5, 0.6) is 0 Å². The highest BCUT2D eigenvalue weighted by molar-refractivity contribution is 5.79. The van der Waals surface area contributed by atoms with Crippen LogP contribution in [-0.2, 0) is 6.42 Å². The molecule has 0 unspecified atom stereocenters. The first-order chi connectivity index (χ1) is 7.20. The Kier molecular flexibility index (Phi) is 2.73. The van der Waals surface area contributed by atoms with Crippen molar-refractivity contribution in [1.82, 2.24) is 9.97 Å². The van der Waals surface area contributed by atoms with Crippen molar-refractivity contribution in [3.8, 4) is 0 Å². The van der Waals surface area contributed by atoms with Crippen LogP contribution in [0.15, 0.2) is 12.1 Å². The Labute approximate surface area is 89.7 Å². The molecule has 15 heavy (non-hydrogen) atoms. The van der Waals surface area contributed by atoms with Crippen LogP contribution < -0.4 is 5.73 Å². The topological polar surface area (TPSA) is 54.7 Å². The molecule has 0 saturated carbocycles. The van der Waals surface area contributed by atoms with Crippen molar-refractivity contribution in [3.05, 3.63) is 29.1 Å². The van der Waals surface area contributed by atoms with Crippen molar-refractivity contribution < 1.29 is 0 Å². The zero-order valence-corrected chi connectivity index (χ0v) is 9.30. The predicted molar refractivity (Wildman–Crippen MR) is 62.9 cm³/mol. The lowest BCUT2D eigenvalue weighted by molar-refractivity contribution is 0.835. The van der Waals surface area contributed by atoms with Crippen molar-refractivity contribution >= 4 is 11.0 Å². The van der Waals surface area contributed by atoms with E-state index in [-0.39, 0.29) is 0 Å². The third-order valence-electron chi connectivity index (χ3n) is 2.58. The number of rotatable bonds is 3. The molecule has 0 fully saturated rings. The minimum Gasteiger partial charge on any atom is -0.342 e. The van der Waals surface area contributed by atoms with E-state index in [2.05, 4.69) is 29.0 Å². The minimum atomic E-state index is 0.735. The van der Waals surface area contributed by atoms with Crippen LogP contribution in [0.3, 0.4) is 0 Å². The van der Waals surface area contributed by atoms with Gasteiger partial charge in [0, 0.05) is 0 Å². The molecule has 0 radical (unpaired) electrons. The van der Waals surface area contributed by atoms with E-state index in [4.69, 9.17) is 5.73 Å². The fourth-order valence-electron chi connectivity index (χ4n) is 1.95. The Morgan fingerprint density at radius 3 is 2.87 bits per heavy atom. The third kappa shape index (κ3) is 2.02. The van der Waals surface area contributed by atoms with Crippen LogP contribution in [0.25, 0.3) is 11.0 Å². The van der Waals surface area contributed by atoms with E-state index in [1.807, 2.05) is 6.92 Å². The average Bonchev–Trinajstić information content (AvgIpc) is 2.54. The quantitative estimate of drug-likeness (QED) is 0.802. The molecule has 0 aliphatic carbocycles. The second kappa shape index (κ2) is 4.03. The first kappa shape index (κ1) is 10.2. The number of nitrogens with two attached hydrogens (primary N) is 1. The average molecular weight is 203 g/mol. The standard InChI is InChI=1S/C12H17N3/c1-8-6-10(4-3-5-13)12-11(7-8)14-9(2)15-12/h6-7H,3-5,13H2,1-2H3,(H,14,15). The number of aryl methyl sites for hydroxylation is 3. The zero-order valence-electron chi connectivity index (χ0n) is 9.30. The molecular formula is C12H17N3. The van der Waals surface area contributed by atoms with Gasteiger partial charge in [0.15, 0.2) is 0 Å². The number of benzene rings is 1. The summed E-state index contributed by atoms with van der Waals surface area (Å²) in [6.45, 7) is 4.84. The number of imidazole rings is 1. The molecule has 0 bridgehead atoms. The highest BCUT2D eigenvalue weighted by Crippen LogP contribution is 2.20. The van der Waals surface area contributed by atoms with E-state index in [0.29, 0.717) is 0 Å². The maximum atomic E-state index is 5.54. The van der Waals surface area contributed by atoms with E-state index in [1.54, 1.807) is 0 Å². The van der Waals surface area contributed by atoms with Crippen LogP contribution in [0, 0.1) is 13.8 Å². The van der Waals surface area contributed by atoms with Crippen molar-refractivity contribution in [2.45, 2.75) is 26.7 Å². The van der Waals surface area contributed by atoms with Gasteiger partial charge in [-0.1, -0.05) is 6.07 Å². The summed E-state index contributed by atoms with van der Waals surface area (Å²) in [6.07, 6.45) is 2.03. The summed E-state index contributed by atoms with van der Waals surface area (Å²) in [7, 11) is 0. The normalized spacial score (nSPS) is 11.1. The largest absolute Gasteiger partial charge is 0.342 e. The molecule has 80 valence electrons. The maximum absolute atomic E-state index is 5.54. The second-order valence-corrected chi connectivity index (χ2v) is 4.03. The number of aromatic amines is 1. The number of nitrogens with one attached hydrogen (secondary N) is 1. The lowest BCUT2D eigenvalue weighted by atomic mass is 10.1. The van der Waals surface area contributed by atoms with Gasteiger partial charge in [0.1, 0.15) is 5.82 Å². The lowest BCUT2D eigenvalue weighted by Crippen LogP contribution is -2.01. The van der Waals surface area contributed by atoms with Crippen LogP contribution in [-0.4, -0.2) is 16.5 Å². The summed E-state index contributed by atoms with van der Waals surface area (Å²) >= 11 is 0. The highest BCUT2D eigenvalue weighted by Gasteiger charge is 2.06. The summed E-state index contributed by atoms with van der Waals surface area (Å²) in [5, 5.41) is 0. The summed E-state index contributed by atoms with van der Waals surface area (Å²) < 4.78 is 0. The number of H-pyrrole nitrogens is 1. The van der Waals surface area contributed by atoms with Crippen molar-refractivity contribution in [2.75, 3.05) is 6.54 Å². The molecule has 0 spiro atoms. The lowest BCUT2D eigenvalue weighted by Gasteiger charge is -2.02. The molecule has 3 nitrogen and oxygen atoms in total. The van der Waals surface area contributed by atoms with E-state index < -0.39 is 0 Å². The molecule has 1 aromatic carbocycles. The molecule has 0 amide bonds. The van der Waals surface area contributed by atoms with E-state index in [0.717, 1.165) is 36.2 Å². The Morgan fingerprint density at radius 2 is 2.13 bits per heavy atom. The van der Waals surface area contributed by atoms with Crippen molar-refractivity contribution in [1.29, 1.82) is 0 Å². The summed E-state index contributed by atoms with van der Waals surface area (Å²) in [6, 6.07) is 4.35. The number of aromatic nitrogens is 2. The maximum Gasteiger partial charge on any atom is 0.104 e.